The van der Waals surface area contributed by atoms with E-state index in [0.29, 0.717) is 0 Å². The second kappa shape index (κ2) is 2.56. The predicted molar refractivity (Wildman–Crippen MR) is 48.1 cm³/mol. The molecular weight excluding hydrogens is 120 g/mol. The van der Waals surface area contributed by atoms with E-state index in [1.54, 1.807) is 0 Å². The van der Waals surface area contributed by atoms with Crippen LogP contribution < -0.4 is 0 Å². The van der Waals surface area contributed by atoms with Crippen LogP contribution >= 0.6 is 0 Å². The average Bonchev–Trinajstić information content (AvgIpc) is 1.58. The van der Waals surface area contributed by atoms with Gasteiger partial charge in [0.2, 0.25) is 0 Å². The highest BCUT2D eigenvalue weighted by molar-refractivity contribution is 4.84. The summed E-state index contributed by atoms with van der Waals surface area (Å²) in [5.74, 6) is -0.370. The lowest BCUT2D eigenvalue weighted by molar-refractivity contribution is 0.0737. The van der Waals surface area contributed by atoms with Crippen LogP contribution in [0.25, 0.3) is 0 Å². The smallest absolute Gasteiger partial charge is 0.0303 e. The molecule has 0 bridgehead atoms. The third-order valence-electron chi connectivity index (χ3n) is 3.12. The summed E-state index contributed by atoms with van der Waals surface area (Å²) in [6.45, 7) is 14.9. The molecule has 0 N–H and O–H groups in total. The largest absolute Gasteiger partial charge is 0.0622 e. The van der Waals surface area contributed by atoms with Crippen LogP contribution in [0.5, 0.6) is 0 Å². The molecule has 0 saturated carbocycles. The summed E-state index contributed by atoms with van der Waals surface area (Å²) in [6.07, 6.45) is 0. The van der Waals surface area contributed by atoms with Crippen LogP contribution in [-0.2, 0) is 0 Å². The van der Waals surface area contributed by atoms with E-state index in [4.69, 9.17) is 1.37 Å². The fourth-order valence-electron chi connectivity index (χ4n) is 0.750. The summed E-state index contributed by atoms with van der Waals surface area (Å²) < 4.78 is 7.99. The molecule has 0 aliphatic heterocycles. The van der Waals surface area contributed by atoms with Gasteiger partial charge in [-0.25, -0.2) is 0 Å². The zero-order chi connectivity index (χ0) is 9.50. The van der Waals surface area contributed by atoms with Crippen molar-refractivity contribution in [1.29, 1.82) is 0 Å². The predicted octanol–water partition coefficient (Wildman–Crippen LogP) is 3.71. The molecule has 10 heavy (non-hydrogen) atoms. The quantitative estimate of drug-likeness (QED) is 0.525. The summed E-state index contributed by atoms with van der Waals surface area (Å²) >= 11 is 0. The second-order valence-corrected chi connectivity index (χ2v) is 4.88. The third kappa shape index (κ3) is 1.74. The van der Waals surface area contributed by atoms with Crippen molar-refractivity contribution in [1.82, 2.24) is 0 Å². The van der Waals surface area contributed by atoms with E-state index >= 15 is 0 Å². The molecule has 0 fully saturated rings. The molecule has 0 spiro atoms. The molecule has 0 aromatic rings. The lowest BCUT2D eigenvalue weighted by atomic mass is 9.63. The maximum Gasteiger partial charge on any atom is 0.0303 e. The molecule has 0 heterocycles. The Balaban J connectivity index is 4.75. The van der Waals surface area contributed by atoms with Crippen LogP contribution in [0.4, 0.5) is 0 Å². The van der Waals surface area contributed by atoms with Gasteiger partial charge in [-0.2, -0.15) is 0 Å². The third-order valence-corrected chi connectivity index (χ3v) is 3.12. The number of rotatable bonds is 1. The second-order valence-electron chi connectivity index (χ2n) is 4.88. The van der Waals surface area contributed by atoms with Gasteiger partial charge in [-0.15, -0.1) is 0 Å². The minimum absolute atomic E-state index is 0.0417. The van der Waals surface area contributed by atoms with Crippen LogP contribution in [0, 0.1) is 16.7 Å². The monoisotopic (exact) mass is 143 g/mol. The van der Waals surface area contributed by atoms with Gasteiger partial charge in [-0.1, -0.05) is 48.5 Å². The maximum absolute atomic E-state index is 7.99. The maximum atomic E-state index is 7.99. The summed E-state index contributed by atoms with van der Waals surface area (Å²) in [7, 11) is 0. The van der Waals surface area contributed by atoms with Gasteiger partial charge in [-0.3, -0.25) is 0 Å². The van der Waals surface area contributed by atoms with Crippen molar-refractivity contribution < 1.29 is 1.37 Å². The first-order valence-corrected chi connectivity index (χ1v) is 4.00. The van der Waals surface area contributed by atoms with Crippen molar-refractivity contribution in [2.45, 2.75) is 48.5 Å². The van der Waals surface area contributed by atoms with E-state index in [-0.39, 0.29) is 16.7 Å². The Morgan fingerprint density at radius 1 is 1.00 bits per heavy atom. The molecule has 0 heteroatoms. The lowest BCUT2D eigenvalue weighted by Crippen LogP contribution is -2.34. The number of hydrogen-bond donors (Lipinski definition) is 0. The van der Waals surface area contributed by atoms with Gasteiger partial charge in [0, 0.05) is 1.37 Å². The van der Waals surface area contributed by atoms with Crippen molar-refractivity contribution in [3.05, 3.63) is 0 Å². The molecule has 0 aromatic carbocycles. The highest BCUT2D eigenvalue weighted by atomic mass is 14.4. The number of hydrogen-bond acceptors (Lipinski definition) is 0. The Kier molecular flexibility index (Phi) is 2.07. The Bertz CT molecular complexity index is 116. The van der Waals surface area contributed by atoms with Gasteiger partial charge in [0.25, 0.3) is 0 Å². The molecule has 0 atom stereocenters. The molecule has 62 valence electrons. The van der Waals surface area contributed by atoms with Gasteiger partial charge in [0.05, 0.1) is 0 Å². The van der Waals surface area contributed by atoms with Crippen LogP contribution in [0.15, 0.2) is 0 Å². The topological polar surface area (TPSA) is 0 Å². The van der Waals surface area contributed by atoms with Crippen LogP contribution in [0.1, 0.15) is 49.8 Å². The SMILES string of the molecule is [2H]C(C)(C)C(C)(C)C(C)(C)C. The fourth-order valence-corrected chi connectivity index (χ4v) is 0.750. The van der Waals surface area contributed by atoms with Gasteiger partial charge in [0.15, 0.2) is 0 Å². The molecule has 0 aliphatic rings. The molecule has 0 aromatic heterocycles. The Morgan fingerprint density at radius 3 is 1.30 bits per heavy atom. The molecule has 0 amide bonds. The van der Waals surface area contributed by atoms with Gasteiger partial charge in [-0.05, 0) is 16.7 Å². The molecular formula is C10H22. The Hall–Kier alpha value is 0. The molecule has 0 aliphatic carbocycles. The van der Waals surface area contributed by atoms with Crippen molar-refractivity contribution in [3.8, 4) is 0 Å². The van der Waals surface area contributed by atoms with Crippen molar-refractivity contribution in [2.24, 2.45) is 16.7 Å². The first-order chi connectivity index (χ1) is 4.50. The van der Waals surface area contributed by atoms with Crippen LogP contribution in [-0.4, -0.2) is 0 Å². The van der Waals surface area contributed by atoms with E-state index in [2.05, 4.69) is 34.6 Å². The Labute approximate surface area is 67.4 Å². The standard InChI is InChI=1S/C10H22/c1-8(2)10(6,7)9(3,4)5/h8H,1-7H3/i8D. The highest BCUT2D eigenvalue weighted by Gasteiger charge is 2.35. The summed E-state index contributed by atoms with van der Waals surface area (Å²) in [5.41, 5.74) is 0.234. The normalized spacial score (nSPS) is 16.9. The van der Waals surface area contributed by atoms with Crippen molar-refractivity contribution in [3.63, 3.8) is 0 Å². The average molecular weight is 143 g/mol. The minimum Gasteiger partial charge on any atom is -0.0622 e. The summed E-state index contributed by atoms with van der Waals surface area (Å²) in [4.78, 5) is 0. The lowest BCUT2D eigenvalue weighted by Gasteiger charge is -2.42. The van der Waals surface area contributed by atoms with Crippen LogP contribution in [0.2, 0.25) is 0 Å². The fraction of sp³-hybridized carbons (Fsp3) is 1.00. The van der Waals surface area contributed by atoms with E-state index in [0.717, 1.165) is 0 Å². The Morgan fingerprint density at radius 2 is 1.30 bits per heavy atom. The molecule has 0 nitrogen and oxygen atoms in total. The van der Waals surface area contributed by atoms with E-state index < -0.39 is 0 Å². The first kappa shape index (κ1) is 8.10. The zero-order valence-electron chi connectivity index (χ0n) is 9.50. The molecule has 0 radical (unpaired) electrons. The van der Waals surface area contributed by atoms with E-state index in [1.165, 1.54) is 0 Å². The minimum atomic E-state index is -0.370. The van der Waals surface area contributed by atoms with E-state index in [1.807, 2.05) is 13.8 Å². The van der Waals surface area contributed by atoms with Gasteiger partial charge < -0.3 is 0 Å². The van der Waals surface area contributed by atoms with Gasteiger partial charge in [0.1, 0.15) is 0 Å². The molecule has 0 unspecified atom stereocenters. The van der Waals surface area contributed by atoms with Gasteiger partial charge >= 0.3 is 0 Å². The summed E-state index contributed by atoms with van der Waals surface area (Å²) in [5, 5.41) is 0. The van der Waals surface area contributed by atoms with Crippen LogP contribution in [0.3, 0.4) is 0 Å². The molecule has 0 rings (SSSR count). The van der Waals surface area contributed by atoms with Crippen molar-refractivity contribution >= 4 is 0 Å². The first-order valence-electron chi connectivity index (χ1n) is 4.50. The zero-order valence-corrected chi connectivity index (χ0v) is 8.50. The van der Waals surface area contributed by atoms with E-state index in [9.17, 15) is 0 Å². The molecule has 0 saturated heterocycles. The van der Waals surface area contributed by atoms with Crippen molar-refractivity contribution in [2.75, 3.05) is 0 Å². The highest BCUT2D eigenvalue weighted by Crippen LogP contribution is 2.43. The summed E-state index contributed by atoms with van der Waals surface area (Å²) in [6, 6.07) is 0.